The number of nitrogens with zero attached hydrogens (tertiary/aromatic N) is 2. The second-order valence-corrected chi connectivity index (χ2v) is 10.8. The van der Waals surface area contributed by atoms with E-state index < -0.39 is 21.9 Å². The number of halogens is 1. The molecule has 37 heavy (non-hydrogen) atoms. The summed E-state index contributed by atoms with van der Waals surface area (Å²) in [5, 5.41) is 2.92. The van der Waals surface area contributed by atoms with Gasteiger partial charge in [0.15, 0.2) is 0 Å². The van der Waals surface area contributed by atoms with Crippen LogP contribution in [0.5, 0.6) is 5.75 Å². The SMILES string of the molecule is CCCCNC(=O)C(CC)N(Cc1ccc(OC)cc1)C(=O)CCCN(c1ccc(F)cc1)S(C)(=O)=O. The molecule has 0 fully saturated rings. The number of hydrogen-bond donors (Lipinski definition) is 1. The zero-order chi connectivity index (χ0) is 27.4. The molecule has 8 nitrogen and oxygen atoms in total. The minimum Gasteiger partial charge on any atom is -0.497 e. The van der Waals surface area contributed by atoms with Gasteiger partial charge < -0.3 is 15.0 Å². The lowest BCUT2D eigenvalue weighted by atomic mass is 10.1. The summed E-state index contributed by atoms with van der Waals surface area (Å²) in [7, 11) is -2.07. The summed E-state index contributed by atoms with van der Waals surface area (Å²) in [6.07, 6.45) is 3.57. The van der Waals surface area contributed by atoms with Crippen LogP contribution in [0.4, 0.5) is 10.1 Å². The Morgan fingerprint density at radius 3 is 2.22 bits per heavy atom. The van der Waals surface area contributed by atoms with Crippen molar-refractivity contribution in [2.45, 2.75) is 58.5 Å². The highest BCUT2D eigenvalue weighted by Gasteiger charge is 2.28. The smallest absolute Gasteiger partial charge is 0.242 e. The Labute approximate surface area is 219 Å². The fourth-order valence-corrected chi connectivity index (χ4v) is 4.93. The fraction of sp³-hybridized carbons (Fsp3) is 0.481. The summed E-state index contributed by atoms with van der Waals surface area (Å²) in [6, 6.07) is 11.8. The van der Waals surface area contributed by atoms with Crippen molar-refractivity contribution in [2.75, 3.05) is 30.8 Å². The third-order valence-corrected chi connectivity index (χ3v) is 7.19. The van der Waals surface area contributed by atoms with Gasteiger partial charge in [-0.25, -0.2) is 12.8 Å². The van der Waals surface area contributed by atoms with Crippen molar-refractivity contribution < 1.29 is 27.1 Å². The molecule has 2 aromatic carbocycles. The molecule has 0 aliphatic carbocycles. The molecule has 0 radical (unpaired) electrons. The van der Waals surface area contributed by atoms with E-state index in [1.54, 1.807) is 24.1 Å². The first kappa shape index (κ1) is 30.1. The van der Waals surface area contributed by atoms with Gasteiger partial charge in [0.25, 0.3) is 0 Å². The lowest BCUT2D eigenvalue weighted by Crippen LogP contribution is -2.49. The molecule has 2 amide bonds. The summed E-state index contributed by atoms with van der Waals surface area (Å²) < 4.78 is 44.4. The molecule has 10 heteroatoms. The lowest BCUT2D eigenvalue weighted by molar-refractivity contribution is -0.141. The molecule has 2 aromatic rings. The van der Waals surface area contributed by atoms with Gasteiger partial charge in [-0.1, -0.05) is 32.4 Å². The first-order valence-corrected chi connectivity index (χ1v) is 14.4. The zero-order valence-corrected chi connectivity index (χ0v) is 22.9. The van der Waals surface area contributed by atoms with Crippen LogP contribution in [0.1, 0.15) is 51.5 Å². The molecule has 0 saturated heterocycles. The maximum atomic E-state index is 13.4. The Hall–Kier alpha value is -3.14. The van der Waals surface area contributed by atoms with Gasteiger partial charge >= 0.3 is 0 Å². The summed E-state index contributed by atoms with van der Waals surface area (Å²) in [6.45, 7) is 4.72. The van der Waals surface area contributed by atoms with Crippen LogP contribution < -0.4 is 14.4 Å². The molecule has 0 bridgehead atoms. The van der Waals surface area contributed by atoms with Gasteiger partial charge in [0.1, 0.15) is 17.6 Å². The number of nitrogens with one attached hydrogen (secondary N) is 1. The number of carbonyl (C=O) groups excluding carboxylic acids is 2. The third kappa shape index (κ3) is 9.35. The Morgan fingerprint density at radius 2 is 1.68 bits per heavy atom. The standard InChI is InChI=1S/C27H38FN3O5S/c1-5-7-18-29-27(33)25(6-2)30(20-21-10-16-24(36-3)17-11-21)26(32)9-8-19-31(37(4,34)35)23-14-12-22(28)13-15-23/h10-17,25H,5-9,18-20H2,1-4H3,(H,29,33). The van der Waals surface area contributed by atoms with E-state index in [9.17, 15) is 22.4 Å². The summed E-state index contributed by atoms with van der Waals surface area (Å²) in [5.41, 5.74) is 1.17. The number of ether oxygens (including phenoxy) is 1. The number of unbranched alkanes of at least 4 members (excludes halogenated alkanes) is 1. The third-order valence-electron chi connectivity index (χ3n) is 5.99. The van der Waals surface area contributed by atoms with E-state index in [0.29, 0.717) is 24.4 Å². The first-order valence-electron chi connectivity index (χ1n) is 12.5. The Kier molecular flexibility index (Phi) is 11.8. The largest absolute Gasteiger partial charge is 0.497 e. The van der Waals surface area contributed by atoms with Gasteiger partial charge in [0.2, 0.25) is 21.8 Å². The molecule has 2 rings (SSSR count). The van der Waals surface area contributed by atoms with Crippen LogP contribution in [0.15, 0.2) is 48.5 Å². The summed E-state index contributed by atoms with van der Waals surface area (Å²) >= 11 is 0. The number of methoxy groups -OCH3 is 1. The minimum absolute atomic E-state index is 0.0438. The summed E-state index contributed by atoms with van der Waals surface area (Å²) in [4.78, 5) is 28.0. The number of benzene rings is 2. The number of sulfonamides is 1. The predicted molar refractivity (Wildman–Crippen MR) is 143 cm³/mol. The van der Waals surface area contributed by atoms with Gasteiger partial charge in [-0.3, -0.25) is 13.9 Å². The number of amides is 2. The molecule has 1 unspecified atom stereocenters. The van der Waals surface area contributed by atoms with Crippen LogP contribution in [-0.2, 0) is 26.2 Å². The molecule has 0 aliphatic rings. The van der Waals surface area contributed by atoms with Crippen molar-refractivity contribution in [1.82, 2.24) is 10.2 Å². The Bertz CT molecular complexity index is 1110. The number of anilines is 1. The van der Waals surface area contributed by atoms with Crippen molar-refractivity contribution >= 4 is 27.5 Å². The molecule has 0 spiro atoms. The number of hydrogen-bond acceptors (Lipinski definition) is 5. The lowest BCUT2D eigenvalue weighted by Gasteiger charge is -2.31. The average molecular weight is 536 g/mol. The molecule has 0 heterocycles. The molecule has 0 aromatic heterocycles. The molecule has 204 valence electrons. The van der Waals surface area contributed by atoms with Gasteiger partial charge in [0, 0.05) is 26.1 Å². The van der Waals surface area contributed by atoms with Crippen LogP contribution in [0, 0.1) is 5.82 Å². The van der Waals surface area contributed by atoms with Crippen LogP contribution in [0.3, 0.4) is 0 Å². The van der Waals surface area contributed by atoms with Gasteiger partial charge in [-0.2, -0.15) is 0 Å². The van der Waals surface area contributed by atoms with Gasteiger partial charge in [-0.05, 0) is 61.2 Å². The average Bonchev–Trinajstić information content (AvgIpc) is 2.87. The van der Waals surface area contributed by atoms with E-state index in [4.69, 9.17) is 4.74 Å². The highest BCUT2D eigenvalue weighted by Crippen LogP contribution is 2.21. The van der Waals surface area contributed by atoms with E-state index >= 15 is 0 Å². The molecule has 0 aliphatic heterocycles. The van der Waals surface area contributed by atoms with Crippen molar-refractivity contribution in [2.24, 2.45) is 0 Å². The topological polar surface area (TPSA) is 96.0 Å². The van der Waals surface area contributed by atoms with Gasteiger partial charge in [0.05, 0.1) is 19.1 Å². The quantitative estimate of drug-likeness (QED) is 0.347. The second-order valence-electron chi connectivity index (χ2n) is 8.85. The number of rotatable bonds is 15. The predicted octanol–water partition coefficient (Wildman–Crippen LogP) is 4.10. The van der Waals surface area contributed by atoms with Crippen LogP contribution >= 0.6 is 0 Å². The van der Waals surface area contributed by atoms with Crippen LogP contribution in [0.2, 0.25) is 0 Å². The normalized spacial score (nSPS) is 12.0. The van der Waals surface area contributed by atoms with Crippen molar-refractivity contribution in [3.63, 3.8) is 0 Å². The van der Waals surface area contributed by atoms with E-state index in [1.165, 1.54) is 24.3 Å². The van der Waals surface area contributed by atoms with Crippen molar-refractivity contribution in [1.29, 1.82) is 0 Å². The van der Waals surface area contributed by atoms with E-state index in [1.807, 2.05) is 26.0 Å². The molecular weight excluding hydrogens is 497 g/mol. The molecule has 0 saturated carbocycles. The monoisotopic (exact) mass is 535 g/mol. The summed E-state index contributed by atoms with van der Waals surface area (Å²) in [5.74, 6) is -0.236. The van der Waals surface area contributed by atoms with E-state index in [2.05, 4.69) is 5.32 Å². The van der Waals surface area contributed by atoms with Gasteiger partial charge in [-0.15, -0.1) is 0 Å². The minimum atomic E-state index is -3.64. The zero-order valence-electron chi connectivity index (χ0n) is 22.1. The second kappa shape index (κ2) is 14.6. The van der Waals surface area contributed by atoms with Crippen molar-refractivity contribution in [3.8, 4) is 5.75 Å². The Morgan fingerprint density at radius 1 is 1.03 bits per heavy atom. The maximum Gasteiger partial charge on any atom is 0.242 e. The highest BCUT2D eigenvalue weighted by atomic mass is 32.2. The van der Waals surface area contributed by atoms with E-state index in [0.717, 1.165) is 29.0 Å². The van der Waals surface area contributed by atoms with E-state index in [-0.39, 0.29) is 37.7 Å². The van der Waals surface area contributed by atoms with Crippen molar-refractivity contribution in [3.05, 3.63) is 59.9 Å². The number of carbonyl (C=O) groups is 2. The fourth-order valence-electron chi connectivity index (χ4n) is 3.96. The maximum absolute atomic E-state index is 13.4. The Balaban J connectivity index is 2.19. The molecule has 1 N–H and O–H groups in total. The first-order chi connectivity index (χ1) is 17.6. The molecule has 1 atom stereocenters. The van der Waals surface area contributed by atoms with Crippen LogP contribution in [0.25, 0.3) is 0 Å². The highest BCUT2D eigenvalue weighted by molar-refractivity contribution is 7.92. The molecular formula is C27H38FN3O5S. The van der Waals surface area contributed by atoms with Crippen LogP contribution in [-0.4, -0.2) is 57.6 Å².